The molecule has 20 heavy (non-hydrogen) atoms. The molecule has 0 amide bonds. The first-order valence-corrected chi connectivity index (χ1v) is 8.20. The molecule has 0 aliphatic heterocycles. The summed E-state index contributed by atoms with van der Waals surface area (Å²) in [5, 5.41) is 19.9. The minimum atomic E-state index is -3.29. The molecule has 0 aliphatic rings. The number of sulfone groups is 1. The molecule has 1 unspecified atom stereocenters. The maximum Gasteiger partial charge on any atom is 0.305 e. The summed E-state index contributed by atoms with van der Waals surface area (Å²) in [6.07, 6.45) is 1.46. The van der Waals surface area contributed by atoms with Gasteiger partial charge in [-0.3, -0.25) is 4.79 Å². The lowest BCUT2D eigenvalue weighted by atomic mass is 9.87. The summed E-state index contributed by atoms with van der Waals surface area (Å²) in [5.41, 5.74) is -0.131. The van der Waals surface area contributed by atoms with Gasteiger partial charge in [0, 0.05) is 6.26 Å². The number of carbonyl (C=O) groups is 1. The van der Waals surface area contributed by atoms with Crippen LogP contribution in [0.15, 0.2) is 0 Å². The third-order valence-corrected chi connectivity index (χ3v) is 3.34. The zero-order valence-corrected chi connectivity index (χ0v) is 12.9. The summed E-state index contributed by atoms with van der Waals surface area (Å²) >= 11 is 0. The van der Waals surface area contributed by atoms with Crippen molar-refractivity contribution in [2.24, 2.45) is 5.41 Å². The normalized spacial score (nSPS) is 14.2. The Hall–Kier alpha value is -1.51. The molecular formula is C11H20N4O4S. The van der Waals surface area contributed by atoms with E-state index in [2.05, 4.69) is 15.5 Å². The lowest BCUT2D eigenvalue weighted by molar-refractivity contribution is -0.138. The van der Waals surface area contributed by atoms with Gasteiger partial charge >= 0.3 is 5.97 Å². The van der Waals surface area contributed by atoms with Gasteiger partial charge in [0.1, 0.15) is 5.75 Å². The molecule has 1 aromatic rings. The molecule has 8 nitrogen and oxygen atoms in total. The van der Waals surface area contributed by atoms with Crippen LogP contribution in [0.25, 0.3) is 0 Å². The van der Waals surface area contributed by atoms with E-state index in [9.17, 15) is 13.2 Å². The van der Waals surface area contributed by atoms with Crippen LogP contribution in [-0.4, -0.2) is 46.0 Å². The van der Waals surface area contributed by atoms with Crippen molar-refractivity contribution < 1.29 is 18.3 Å². The molecule has 0 aromatic carbocycles. The molecule has 0 fully saturated rings. The molecule has 1 atom stereocenters. The number of tetrazole rings is 1. The molecule has 1 rings (SSSR count). The number of hydrogen-bond acceptors (Lipinski definition) is 6. The Morgan fingerprint density at radius 2 is 2.00 bits per heavy atom. The Morgan fingerprint density at radius 1 is 1.40 bits per heavy atom. The molecule has 114 valence electrons. The Kier molecular flexibility index (Phi) is 4.85. The van der Waals surface area contributed by atoms with Crippen LogP contribution in [0.1, 0.15) is 45.5 Å². The first-order valence-electron chi connectivity index (χ1n) is 6.14. The van der Waals surface area contributed by atoms with Crippen molar-refractivity contribution in [3.8, 4) is 0 Å². The van der Waals surface area contributed by atoms with Crippen LogP contribution in [0.3, 0.4) is 0 Å². The van der Waals surface area contributed by atoms with Gasteiger partial charge in [-0.2, -0.15) is 0 Å². The van der Waals surface area contributed by atoms with Gasteiger partial charge in [0.25, 0.3) is 0 Å². The molecule has 1 N–H and O–H groups in total. The number of rotatable bonds is 6. The van der Waals surface area contributed by atoms with E-state index in [-0.39, 0.29) is 23.4 Å². The first kappa shape index (κ1) is 16.5. The molecule has 0 bridgehead atoms. The van der Waals surface area contributed by atoms with Gasteiger partial charge in [-0.05, 0) is 22.3 Å². The van der Waals surface area contributed by atoms with E-state index in [1.54, 1.807) is 0 Å². The SMILES string of the molecule is CC(C)(C)CC(CC(=O)O)n1nnnc1CS(C)(=O)=O. The highest BCUT2D eigenvalue weighted by Crippen LogP contribution is 2.29. The zero-order valence-electron chi connectivity index (χ0n) is 12.1. The summed E-state index contributed by atoms with van der Waals surface area (Å²) < 4.78 is 24.0. The summed E-state index contributed by atoms with van der Waals surface area (Å²) in [4.78, 5) is 11.0. The predicted molar refractivity (Wildman–Crippen MR) is 71.7 cm³/mol. The van der Waals surface area contributed by atoms with Crippen LogP contribution in [-0.2, 0) is 20.4 Å². The summed E-state index contributed by atoms with van der Waals surface area (Å²) in [6, 6.07) is -0.473. The molecule has 0 spiro atoms. The largest absolute Gasteiger partial charge is 0.481 e. The zero-order chi connectivity index (χ0) is 15.6. The second-order valence-corrected chi connectivity index (χ2v) is 8.27. The number of aliphatic carboxylic acids is 1. The Bertz CT molecular complexity index is 573. The van der Waals surface area contributed by atoms with Crippen molar-refractivity contribution in [3.63, 3.8) is 0 Å². The number of carboxylic acid groups (broad SMARTS) is 1. The minimum absolute atomic E-state index is 0.131. The Morgan fingerprint density at radius 3 is 2.45 bits per heavy atom. The standard InChI is InChI=1S/C11H20N4O4S/c1-11(2,3)6-8(5-10(16)17)15-9(12-13-14-15)7-20(4,18)19/h8H,5-7H2,1-4H3,(H,16,17). The van der Waals surface area contributed by atoms with Crippen molar-refractivity contribution in [3.05, 3.63) is 5.82 Å². The first-order chi connectivity index (χ1) is 8.98. The smallest absolute Gasteiger partial charge is 0.305 e. The fraction of sp³-hybridized carbons (Fsp3) is 0.818. The van der Waals surface area contributed by atoms with E-state index in [0.717, 1.165) is 6.26 Å². The van der Waals surface area contributed by atoms with E-state index in [1.165, 1.54) is 4.68 Å². The number of hydrogen-bond donors (Lipinski definition) is 1. The predicted octanol–water partition coefficient (Wildman–Crippen LogP) is 0.670. The molecule has 0 radical (unpaired) electrons. The minimum Gasteiger partial charge on any atom is -0.481 e. The van der Waals surface area contributed by atoms with Gasteiger partial charge in [-0.15, -0.1) is 5.10 Å². The van der Waals surface area contributed by atoms with Gasteiger partial charge in [-0.1, -0.05) is 20.8 Å². The molecular weight excluding hydrogens is 284 g/mol. The monoisotopic (exact) mass is 304 g/mol. The maximum absolute atomic E-state index is 11.4. The van der Waals surface area contributed by atoms with Crippen LogP contribution in [0, 0.1) is 5.41 Å². The lowest BCUT2D eigenvalue weighted by Gasteiger charge is -2.25. The molecule has 0 aliphatic carbocycles. The highest BCUT2D eigenvalue weighted by Gasteiger charge is 2.26. The van der Waals surface area contributed by atoms with Gasteiger partial charge in [0.05, 0.1) is 12.5 Å². The number of nitrogens with zero attached hydrogens (tertiary/aromatic N) is 4. The number of carboxylic acids is 1. The Labute approximate surface area is 118 Å². The summed E-state index contributed by atoms with van der Waals surface area (Å²) in [7, 11) is -3.29. The van der Waals surface area contributed by atoms with Gasteiger partial charge in [0.15, 0.2) is 15.7 Å². The molecule has 1 heterocycles. The number of aromatic nitrogens is 4. The van der Waals surface area contributed by atoms with Crippen molar-refractivity contribution in [1.29, 1.82) is 0 Å². The van der Waals surface area contributed by atoms with Crippen molar-refractivity contribution in [2.45, 2.75) is 45.4 Å². The van der Waals surface area contributed by atoms with Crippen LogP contribution in [0.2, 0.25) is 0 Å². The van der Waals surface area contributed by atoms with E-state index < -0.39 is 21.8 Å². The average Bonchev–Trinajstić information content (AvgIpc) is 2.58. The molecule has 9 heteroatoms. The van der Waals surface area contributed by atoms with Crippen molar-refractivity contribution in [2.75, 3.05) is 6.26 Å². The fourth-order valence-electron chi connectivity index (χ4n) is 1.98. The quantitative estimate of drug-likeness (QED) is 0.821. The van der Waals surface area contributed by atoms with Crippen molar-refractivity contribution >= 4 is 15.8 Å². The summed E-state index contributed by atoms with van der Waals surface area (Å²) in [6.45, 7) is 5.92. The topological polar surface area (TPSA) is 115 Å². The summed E-state index contributed by atoms with van der Waals surface area (Å²) in [5.74, 6) is -1.11. The van der Waals surface area contributed by atoms with Crippen LogP contribution in [0.5, 0.6) is 0 Å². The van der Waals surface area contributed by atoms with Crippen molar-refractivity contribution in [1.82, 2.24) is 20.2 Å². The van der Waals surface area contributed by atoms with E-state index in [1.807, 2.05) is 20.8 Å². The van der Waals surface area contributed by atoms with Gasteiger partial charge in [-0.25, -0.2) is 13.1 Å². The van der Waals surface area contributed by atoms with E-state index in [4.69, 9.17) is 5.11 Å². The molecule has 0 saturated heterocycles. The highest BCUT2D eigenvalue weighted by atomic mass is 32.2. The van der Waals surface area contributed by atoms with Crippen LogP contribution >= 0.6 is 0 Å². The highest BCUT2D eigenvalue weighted by molar-refractivity contribution is 7.89. The molecule has 0 saturated carbocycles. The lowest BCUT2D eigenvalue weighted by Crippen LogP contribution is -2.23. The molecule has 1 aromatic heterocycles. The third-order valence-electron chi connectivity index (χ3n) is 2.56. The van der Waals surface area contributed by atoms with Crippen LogP contribution in [0.4, 0.5) is 0 Å². The maximum atomic E-state index is 11.4. The van der Waals surface area contributed by atoms with Gasteiger partial charge in [0.2, 0.25) is 0 Å². The van der Waals surface area contributed by atoms with E-state index in [0.29, 0.717) is 6.42 Å². The van der Waals surface area contributed by atoms with Crippen LogP contribution < -0.4 is 0 Å². The Balaban J connectivity index is 3.08. The third kappa shape index (κ3) is 5.64. The fourth-order valence-corrected chi connectivity index (χ4v) is 2.64. The average molecular weight is 304 g/mol. The second-order valence-electron chi connectivity index (χ2n) is 6.13. The van der Waals surface area contributed by atoms with E-state index >= 15 is 0 Å². The second kappa shape index (κ2) is 5.86. The van der Waals surface area contributed by atoms with Gasteiger partial charge < -0.3 is 5.11 Å².